The van der Waals surface area contributed by atoms with Gasteiger partial charge in [-0.2, -0.15) is 0 Å². The van der Waals surface area contributed by atoms with E-state index in [0.29, 0.717) is 5.89 Å². The third kappa shape index (κ3) is 9.86. The van der Waals surface area contributed by atoms with Crippen LogP contribution < -0.4 is 0 Å². The monoisotopic (exact) mass is 836 g/mol. The van der Waals surface area contributed by atoms with Crippen LogP contribution in [0, 0.1) is 31.7 Å². The SMILES string of the molecule is CCC(CC)C(=O)/C=C(\O)C(CC)CC.Cc1ncc(-c2ccc(-c3cc(-c4[c-]c5ccccc5c(C(C)(C)C)c4)ncc3C)cc2)o1.[Ir]. The van der Waals surface area contributed by atoms with Crippen LogP contribution in [0.25, 0.3) is 44.5 Å². The number of oxazole rings is 1. The van der Waals surface area contributed by atoms with Crippen molar-refractivity contribution in [3.8, 4) is 33.7 Å². The number of hydrogen-bond donors (Lipinski definition) is 1. The standard InChI is InChI=1S/C30H27N2O.C13H24O2.Ir/c1-19-17-32-28(24-14-23-8-6-7-9-25(23)27(15-24)30(3,4)5)16-26(19)21-10-12-22(13-11-21)29-18-31-20(2)33-29;1-5-10(6-2)12(14)9-13(15)11(7-3)8-4;/h6-13,15-18H,1-5H3;9-11,14H,5-8H2,1-4H3;/q-1;;/b;12-9-;. The second-order valence-corrected chi connectivity index (χ2v) is 13.6. The van der Waals surface area contributed by atoms with Crippen molar-refractivity contribution in [1.82, 2.24) is 9.97 Å². The summed E-state index contributed by atoms with van der Waals surface area (Å²) in [7, 11) is 0. The van der Waals surface area contributed by atoms with Gasteiger partial charge in [0.1, 0.15) is 0 Å². The molecule has 5 rings (SSSR count). The Labute approximate surface area is 306 Å². The van der Waals surface area contributed by atoms with Crippen molar-refractivity contribution in [3.05, 3.63) is 108 Å². The van der Waals surface area contributed by atoms with E-state index in [1.807, 2.05) is 40.8 Å². The predicted octanol–water partition coefficient (Wildman–Crippen LogP) is 11.8. The largest absolute Gasteiger partial charge is 0.512 e. The number of aryl methyl sites for hydroxylation is 2. The van der Waals surface area contributed by atoms with E-state index >= 15 is 0 Å². The second kappa shape index (κ2) is 17.7. The number of rotatable bonds is 10. The minimum atomic E-state index is 0. The van der Waals surface area contributed by atoms with Crippen molar-refractivity contribution in [2.45, 2.75) is 93.4 Å². The number of aliphatic hydroxyl groups excluding tert-OH is 1. The molecule has 0 unspecified atom stereocenters. The number of fused-ring (bicyclic) bond motifs is 1. The fourth-order valence-electron chi connectivity index (χ4n) is 6.06. The molecule has 0 bridgehead atoms. The maximum Gasteiger partial charge on any atom is 0.191 e. The Hall–Kier alpha value is -3.86. The molecule has 1 radical (unpaired) electrons. The molecule has 6 heteroatoms. The molecule has 0 aliphatic rings. The van der Waals surface area contributed by atoms with Crippen LogP contribution in [0.2, 0.25) is 0 Å². The number of benzene rings is 3. The van der Waals surface area contributed by atoms with Gasteiger partial charge in [-0.3, -0.25) is 9.78 Å². The number of ketones is 1. The minimum Gasteiger partial charge on any atom is -0.512 e. The first kappa shape index (κ1) is 39.6. The molecule has 0 spiro atoms. The molecule has 0 aliphatic heterocycles. The Balaban J connectivity index is 0.000000347. The van der Waals surface area contributed by atoms with Crippen LogP contribution in [-0.4, -0.2) is 20.9 Å². The molecule has 2 aromatic heterocycles. The summed E-state index contributed by atoms with van der Waals surface area (Å²) >= 11 is 0. The van der Waals surface area contributed by atoms with Gasteiger partial charge in [0.05, 0.1) is 12.0 Å². The number of allylic oxidation sites excluding steroid dienone is 2. The van der Waals surface area contributed by atoms with Gasteiger partial charge >= 0.3 is 0 Å². The summed E-state index contributed by atoms with van der Waals surface area (Å²) in [6, 6.07) is 24.9. The van der Waals surface area contributed by atoms with Crippen LogP contribution in [0.15, 0.2) is 89.3 Å². The minimum absolute atomic E-state index is 0. The van der Waals surface area contributed by atoms with Crippen LogP contribution >= 0.6 is 0 Å². The number of aromatic nitrogens is 2. The van der Waals surface area contributed by atoms with Gasteiger partial charge in [-0.05, 0) is 54.7 Å². The molecular formula is C43H51IrN2O3-. The summed E-state index contributed by atoms with van der Waals surface area (Å²) in [5, 5.41) is 12.1. The zero-order valence-corrected chi connectivity index (χ0v) is 32.9. The van der Waals surface area contributed by atoms with Crippen LogP contribution in [0.3, 0.4) is 0 Å². The van der Waals surface area contributed by atoms with E-state index in [2.05, 4.69) is 99.4 Å². The summed E-state index contributed by atoms with van der Waals surface area (Å²) in [6.45, 7) is 18.8. The van der Waals surface area contributed by atoms with E-state index in [0.717, 1.165) is 64.8 Å². The van der Waals surface area contributed by atoms with Gasteiger partial charge in [0.15, 0.2) is 17.4 Å². The quantitative estimate of drug-likeness (QED) is 0.0861. The van der Waals surface area contributed by atoms with Crippen molar-refractivity contribution in [3.63, 3.8) is 0 Å². The normalized spacial score (nSPS) is 11.8. The smallest absolute Gasteiger partial charge is 0.191 e. The van der Waals surface area contributed by atoms with Crippen molar-refractivity contribution >= 4 is 16.6 Å². The molecule has 261 valence electrons. The van der Waals surface area contributed by atoms with Gasteiger partial charge in [0, 0.05) is 62.4 Å². The van der Waals surface area contributed by atoms with Gasteiger partial charge in [-0.1, -0.05) is 108 Å². The predicted molar refractivity (Wildman–Crippen MR) is 199 cm³/mol. The Kier molecular flexibility index (Phi) is 14.3. The van der Waals surface area contributed by atoms with Gasteiger partial charge < -0.3 is 9.52 Å². The Morgan fingerprint density at radius 2 is 1.47 bits per heavy atom. The average Bonchev–Trinajstić information content (AvgIpc) is 3.51. The van der Waals surface area contributed by atoms with E-state index < -0.39 is 0 Å². The summed E-state index contributed by atoms with van der Waals surface area (Å²) in [5.41, 5.74) is 7.75. The first-order valence-electron chi connectivity index (χ1n) is 17.3. The molecule has 3 aromatic carbocycles. The van der Waals surface area contributed by atoms with Gasteiger partial charge in [0.2, 0.25) is 0 Å². The number of pyridine rings is 1. The molecule has 5 nitrogen and oxygen atoms in total. The molecule has 0 saturated heterocycles. The molecule has 0 fully saturated rings. The van der Waals surface area contributed by atoms with Gasteiger partial charge in [0.25, 0.3) is 0 Å². The summed E-state index contributed by atoms with van der Waals surface area (Å²) in [6.07, 6.45) is 8.63. The molecule has 0 saturated carbocycles. The van der Waals surface area contributed by atoms with Crippen molar-refractivity contribution in [2.75, 3.05) is 0 Å². The number of hydrogen-bond acceptors (Lipinski definition) is 5. The molecule has 0 amide bonds. The van der Waals surface area contributed by atoms with E-state index in [1.165, 1.54) is 22.6 Å². The zero-order valence-electron chi connectivity index (χ0n) is 30.5. The third-order valence-electron chi connectivity index (χ3n) is 9.15. The Morgan fingerprint density at radius 1 is 0.857 bits per heavy atom. The van der Waals surface area contributed by atoms with Crippen LogP contribution in [0.5, 0.6) is 0 Å². The Morgan fingerprint density at radius 3 is 2.04 bits per heavy atom. The summed E-state index contributed by atoms with van der Waals surface area (Å²) < 4.78 is 5.66. The number of nitrogens with zero attached hydrogens (tertiary/aromatic N) is 2. The molecule has 0 atom stereocenters. The van der Waals surface area contributed by atoms with Crippen LogP contribution in [0.4, 0.5) is 0 Å². The first-order chi connectivity index (χ1) is 22.9. The third-order valence-corrected chi connectivity index (χ3v) is 9.15. The van der Waals surface area contributed by atoms with E-state index in [-0.39, 0.29) is 48.9 Å². The first-order valence-corrected chi connectivity index (χ1v) is 17.3. The summed E-state index contributed by atoms with van der Waals surface area (Å²) in [4.78, 5) is 20.7. The maximum atomic E-state index is 11.7. The fourth-order valence-corrected chi connectivity index (χ4v) is 6.06. The molecule has 1 N–H and O–H groups in total. The van der Waals surface area contributed by atoms with Gasteiger partial charge in [-0.25, -0.2) is 4.98 Å². The van der Waals surface area contributed by atoms with Crippen molar-refractivity contribution < 1.29 is 34.4 Å². The van der Waals surface area contributed by atoms with Crippen molar-refractivity contribution in [1.29, 1.82) is 0 Å². The van der Waals surface area contributed by atoms with Crippen molar-refractivity contribution in [2.24, 2.45) is 11.8 Å². The van der Waals surface area contributed by atoms with E-state index in [9.17, 15) is 9.90 Å². The topological polar surface area (TPSA) is 76.2 Å². The fraction of sp³-hybridized carbons (Fsp3) is 0.372. The van der Waals surface area contributed by atoms with Crippen LogP contribution in [0.1, 0.15) is 91.2 Å². The Bertz CT molecular complexity index is 1860. The number of carbonyl (C=O) groups excluding carboxylic acids is 1. The average molecular weight is 836 g/mol. The number of aliphatic hydroxyl groups is 1. The summed E-state index contributed by atoms with van der Waals surface area (Å²) in [5.74, 6) is 2.00. The van der Waals surface area contributed by atoms with E-state index in [1.54, 1.807) is 6.20 Å². The molecule has 2 heterocycles. The zero-order chi connectivity index (χ0) is 35.0. The number of carbonyl (C=O) groups is 1. The molecular weight excluding hydrogens is 785 g/mol. The maximum absolute atomic E-state index is 11.7. The second-order valence-electron chi connectivity index (χ2n) is 13.6. The molecule has 5 aromatic rings. The van der Waals surface area contributed by atoms with Gasteiger partial charge in [-0.15, -0.1) is 29.1 Å². The van der Waals surface area contributed by atoms with Crippen LogP contribution in [-0.2, 0) is 30.3 Å². The van der Waals surface area contributed by atoms with E-state index in [4.69, 9.17) is 9.40 Å². The molecule has 0 aliphatic carbocycles. The molecule has 49 heavy (non-hydrogen) atoms.